The Morgan fingerprint density at radius 1 is 1.30 bits per heavy atom. The predicted molar refractivity (Wildman–Crippen MR) is 83.4 cm³/mol. The van der Waals surface area contributed by atoms with Crippen LogP contribution in [0, 0.1) is 11.3 Å². The average molecular weight is 280 g/mol. The van der Waals surface area contributed by atoms with E-state index in [9.17, 15) is 4.79 Å². The lowest BCUT2D eigenvalue weighted by molar-refractivity contribution is -0.132. The Hall–Kier alpha value is -0.570. The molecule has 2 rings (SSSR count). The van der Waals surface area contributed by atoms with Gasteiger partial charge in [0.1, 0.15) is 0 Å². The normalized spacial score (nSPS) is 30.2. The van der Waals surface area contributed by atoms with Crippen LogP contribution in [0.25, 0.3) is 0 Å². The van der Waals surface area contributed by atoms with Crippen LogP contribution in [-0.4, -0.2) is 29.6 Å². The first-order valence-corrected chi connectivity index (χ1v) is 8.52. The number of carbonyl (C=O) groups excluding carboxylic acids is 1. The highest BCUT2D eigenvalue weighted by Gasteiger charge is 2.41. The van der Waals surface area contributed by atoms with Crippen molar-refractivity contribution in [1.82, 2.24) is 10.2 Å². The van der Waals surface area contributed by atoms with Gasteiger partial charge in [-0.25, -0.2) is 0 Å². The van der Waals surface area contributed by atoms with Crippen molar-refractivity contribution in [3.05, 3.63) is 0 Å². The highest BCUT2D eigenvalue weighted by atomic mass is 16.2. The quantitative estimate of drug-likeness (QED) is 0.835. The Kier molecular flexibility index (Phi) is 5.11. The van der Waals surface area contributed by atoms with Crippen LogP contribution in [0.5, 0.6) is 0 Å². The molecule has 0 aromatic carbocycles. The van der Waals surface area contributed by atoms with Gasteiger partial charge in [-0.2, -0.15) is 0 Å². The van der Waals surface area contributed by atoms with Crippen molar-refractivity contribution in [1.29, 1.82) is 0 Å². The van der Waals surface area contributed by atoms with E-state index in [0.717, 1.165) is 19.4 Å². The maximum absolute atomic E-state index is 12.6. The van der Waals surface area contributed by atoms with E-state index < -0.39 is 0 Å². The first-order valence-electron chi connectivity index (χ1n) is 8.52. The first-order chi connectivity index (χ1) is 9.45. The van der Waals surface area contributed by atoms with Crippen molar-refractivity contribution in [2.24, 2.45) is 11.3 Å². The summed E-state index contributed by atoms with van der Waals surface area (Å²) in [6.07, 6.45) is 8.82. The molecule has 1 aliphatic carbocycles. The van der Waals surface area contributed by atoms with Crippen molar-refractivity contribution in [2.75, 3.05) is 6.54 Å². The third kappa shape index (κ3) is 3.55. The number of hydrogen-bond donors (Lipinski definition) is 1. The molecule has 1 saturated heterocycles. The van der Waals surface area contributed by atoms with Crippen molar-refractivity contribution in [3.63, 3.8) is 0 Å². The highest BCUT2D eigenvalue weighted by Crippen LogP contribution is 2.38. The highest BCUT2D eigenvalue weighted by molar-refractivity contribution is 5.84. The third-order valence-corrected chi connectivity index (χ3v) is 5.07. The number of nitrogens with one attached hydrogen (secondary N) is 1. The van der Waals surface area contributed by atoms with E-state index in [1.54, 1.807) is 0 Å². The third-order valence-electron chi connectivity index (χ3n) is 5.07. The summed E-state index contributed by atoms with van der Waals surface area (Å²) in [5, 5.41) is 3.56. The summed E-state index contributed by atoms with van der Waals surface area (Å²) in [6, 6.07) is 0.0472. The predicted octanol–water partition coefficient (Wildman–Crippen LogP) is 3.54. The minimum Gasteiger partial charge on any atom is -0.325 e. The number of hydrogen-bond acceptors (Lipinski definition) is 2. The molecule has 0 aromatic rings. The molecule has 3 nitrogen and oxygen atoms in total. The zero-order chi connectivity index (χ0) is 14.8. The second-order valence-electron chi connectivity index (χ2n) is 7.61. The number of carbonyl (C=O) groups is 1. The van der Waals surface area contributed by atoms with Gasteiger partial charge in [-0.1, -0.05) is 47.0 Å². The molecule has 2 fully saturated rings. The molecule has 1 heterocycles. The van der Waals surface area contributed by atoms with Crippen molar-refractivity contribution >= 4 is 5.91 Å². The van der Waals surface area contributed by atoms with Crippen LogP contribution in [0.4, 0.5) is 0 Å². The van der Waals surface area contributed by atoms with E-state index in [-0.39, 0.29) is 12.2 Å². The van der Waals surface area contributed by atoms with Gasteiger partial charge in [-0.05, 0) is 37.0 Å². The van der Waals surface area contributed by atoms with E-state index >= 15 is 0 Å². The first kappa shape index (κ1) is 15.8. The van der Waals surface area contributed by atoms with E-state index in [1.165, 1.54) is 32.1 Å². The van der Waals surface area contributed by atoms with Crippen molar-refractivity contribution < 1.29 is 4.79 Å². The zero-order valence-electron chi connectivity index (χ0n) is 13.7. The van der Waals surface area contributed by atoms with Crippen LogP contribution in [0.1, 0.15) is 72.6 Å². The van der Waals surface area contributed by atoms with Crippen molar-refractivity contribution in [3.8, 4) is 0 Å². The summed E-state index contributed by atoms with van der Waals surface area (Å²) in [5.41, 5.74) is 0.341. The summed E-state index contributed by atoms with van der Waals surface area (Å²) < 4.78 is 0. The molecule has 20 heavy (non-hydrogen) atoms. The lowest BCUT2D eigenvalue weighted by Gasteiger charge is -2.39. The molecule has 1 saturated carbocycles. The summed E-state index contributed by atoms with van der Waals surface area (Å²) in [5.74, 6) is 0.961. The van der Waals surface area contributed by atoms with E-state index in [4.69, 9.17) is 0 Å². The van der Waals surface area contributed by atoms with E-state index in [2.05, 4.69) is 37.9 Å². The SMILES string of the molecule is CCC1NC(CC(C)C)N(CC2(C)CCCCC2)C1=O. The standard InChI is InChI=1S/C17H32N2O/c1-5-14-16(20)19(15(18-14)11-13(2)3)12-17(4)9-7-6-8-10-17/h13-15,18H,5-12H2,1-4H3. The Morgan fingerprint density at radius 2 is 1.95 bits per heavy atom. The number of rotatable bonds is 5. The monoisotopic (exact) mass is 280 g/mol. The molecule has 2 atom stereocenters. The smallest absolute Gasteiger partial charge is 0.241 e. The molecule has 0 aromatic heterocycles. The van der Waals surface area contributed by atoms with Gasteiger partial charge in [0.2, 0.25) is 5.91 Å². The topological polar surface area (TPSA) is 32.3 Å². The average Bonchev–Trinajstić information content (AvgIpc) is 2.67. The van der Waals surface area contributed by atoms with E-state index in [1.807, 2.05) is 0 Å². The fourth-order valence-electron chi connectivity index (χ4n) is 3.84. The Bertz CT molecular complexity index is 334. The fraction of sp³-hybridized carbons (Fsp3) is 0.941. The molecule has 3 heteroatoms. The van der Waals surface area contributed by atoms with Gasteiger partial charge in [-0.15, -0.1) is 0 Å². The molecule has 1 aliphatic heterocycles. The van der Waals surface area contributed by atoms with Crippen LogP contribution in [0.3, 0.4) is 0 Å². The largest absolute Gasteiger partial charge is 0.325 e. The van der Waals surface area contributed by atoms with Crippen LogP contribution in [0.15, 0.2) is 0 Å². The lowest BCUT2D eigenvalue weighted by atomic mass is 9.75. The minimum absolute atomic E-state index is 0.0472. The maximum atomic E-state index is 12.6. The maximum Gasteiger partial charge on any atom is 0.241 e. The number of nitrogens with zero attached hydrogens (tertiary/aromatic N) is 1. The molecule has 0 radical (unpaired) electrons. The lowest BCUT2D eigenvalue weighted by Crippen LogP contribution is -2.45. The molecule has 0 bridgehead atoms. The van der Waals surface area contributed by atoms with Gasteiger partial charge < -0.3 is 4.90 Å². The van der Waals surface area contributed by atoms with Gasteiger partial charge in [0.25, 0.3) is 0 Å². The summed E-state index contributed by atoms with van der Waals surface area (Å²) >= 11 is 0. The molecule has 1 amide bonds. The van der Waals surface area contributed by atoms with Gasteiger partial charge in [-0.3, -0.25) is 10.1 Å². The van der Waals surface area contributed by atoms with Gasteiger partial charge in [0, 0.05) is 6.54 Å². The summed E-state index contributed by atoms with van der Waals surface area (Å²) in [6.45, 7) is 9.92. The van der Waals surface area contributed by atoms with Gasteiger partial charge in [0.05, 0.1) is 12.2 Å². The molecule has 1 N–H and O–H groups in total. The Morgan fingerprint density at radius 3 is 2.50 bits per heavy atom. The summed E-state index contributed by atoms with van der Waals surface area (Å²) in [4.78, 5) is 14.8. The summed E-state index contributed by atoms with van der Waals surface area (Å²) in [7, 11) is 0. The molecular weight excluding hydrogens is 248 g/mol. The molecule has 2 aliphatic rings. The van der Waals surface area contributed by atoms with Crippen LogP contribution >= 0.6 is 0 Å². The van der Waals surface area contributed by atoms with Crippen LogP contribution in [0.2, 0.25) is 0 Å². The van der Waals surface area contributed by atoms with Gasteiger partial charge in [0.15, 0.2) is 0 Å². The molecular formula is C17H32N2O. The molecule has 2 unspecified atom stereocenters. The second-order valence-corrected chi connectivity index (χ2v) is 7.61. The fourth-order valence-corrected chi connectivity index (χ4v) is 3.84. The van der Waals surface area contributed by atoms with Crippen LogP contribution < -0.4 is 5.32 Å². The van der Waals surface area contributed by atoms with E-state index in [0.29, 0.717) is 17.2 Å². The Labute approximate surface area is 124 Å². The molecule has 0 spiro atoms. The minimum atomic E-state index is 0.0472. The number of amides is 1. The van der Waals surface area contributed by atoms with Crippen LogP contribution in [-0.2, 0) is 4.79 Å². The van der Waals surface area contributed by atoms with Crippen molar-refractivity contribution in [2.45, 2.75) is 84.8 Å². The van der Waals surface area contributed by atoms with Gasteiger partial charge >= 0.3 is 0 Å². The zero-order valence-corrected chi connectivity index (χ0v) is 13.7. The Balaban J connectivity index is 2.06. The molecule has 116 valence electrons. The second kappa shape index (κ2) is 6.46.